The maximum absolute atomic E-state index is 12.5. The molecule has 2 rings (SSSR count). The van der Waals surface area contributed by atoms with E-state index < -0.39 is 11.9 Å². The van der Waals surface area contributed by atoms with Gasteiger partial charge in [-0.3, -0.25) is 0 Å². The van der Waals surface area contributed by atoms with Crippen molar-refractivity contribution >= 4 is 5.82 Å². The first-order valence-corrected chi connectivity index (χ1v) is 5.57. The van der Waals surface area contributed by atoms with E-state index in [4.69, 9.17) is 6.92 Å². The SMILES string of the molecule is [CH]c1ccc(C(F)(F)F)nc1N1CCCCC1. The van der Waals surface area contributed by atoms with E-state index in [1.165, 1.54) is 6.07 Å². The second kappa shape index (κ2) is 4.55. The van der Waals surface area contributed by atoms with Gasteiger partial charge >= 0.3 is 6.18 Å². The van der Waals surface area contributed by atoms with Gasteiger partial charge in [-0.1, -0.05) is 6.07 Å². The van der Waals surface area contributed by atoms with E-state index in [-0.39, 0.29) is 5.82 Å². The van der Waals surface area contributed by atoms with Gasteiger partial charge in [-0.2, -0.15) is 13.2 Å². The second-order valence-corrected chi connectivity index (χ2v) is 4.15. The van der Waals surface area contributed by atoms with Crippen LogP contribution in [0.3, 0.4) is 0 Å². The largest absolute Gasteiger partial charge is 0.433 e. The molecule has 0 N–H and O–H groups in total. The fraction of sp³-hybridized carbons (Fsp3) is 0.500. The van der Waals surface area contributed by atoms with Gasteiger partial charge in [-0.15, -0.1) is 0 Å². The first-order valence-electron chi connectivity index (χ1n) is 5.57. The van der Waals surface area contributed by atoms with Crippen LogP contribution >= 0.6 is 0 Å². The van der Waals surface area contributed by atoms with Gasteiger partial charge in [0.1, 0.15) is 11.5 Å². The molecule has 2 heterocycles. The van der Waals surface area contributed by atoms with Crippen molar-refractivity contribution in [3.8, 4) is 0 Å². The highest BCUT2D eigenvalue weighted by Gasteiger charge is 2.33. The van der Waals surface area contributed by atoms with Crippen LogP contribution in [-0.4, -0.2) is 18.1 Å². The molecule has 1 fully saturated rings. The zero-order valence-corrected chi connectivity index (χ0v) is 9.30. The molecule has 0 bridgehead atoms. The highest BCUT2D eigenvalue weighted by molar-refractivity contribution is 5.50. The van der Waals surface area contributed by atoms with Gasteiger partial charge in [0.05, 0.1) is 0 Å². The van der Waals surface area contributed by atoms with Crippen LogP contribution in [0.1, 0.15) is 30.5 Å². The standard InChI is InChI=1S/C12H13F3N2/c1-9-5-6-10(12(13,14)15)16-11(9)17-7-3-2-4-8-17/h1,5-6H,2-4,7-8H2. The molecule has 1 aromatic rings. The minimum atomic E-state index is -4.42. The van der Waals surface area contributed by atoms with E-state index in [9.17, 15) is 13.2 Å². The quantitative estimate of drug-likeness (QED) is 0.752. The highest BCUT2D eigenvalue weighted by Crippen LogP contribution is 2.31. The molecule has 0 saturated carbocycles. The summed E-state index contributed by atoms with van der Waals surface area (Å²) < 4.78 is 37.6. The third kappa shape index (κ3) is 2.70. The number of piperidine rings is 1. The molecule has 5 heteroatoms. The lowest BCUT2D eigenvalue weighted by Gasteiger charge is -2.29. The summed E-state index contributed by atoms with van der Waals surface area (Å²) in [5.41, 5.74) is -0.577. The Labute approximate surface area is 98.5 Å². The van der Waals surface area contributed by atoms with Crippen LogP contribution in [0.4, 0.5) is 19.0 Å². The average Bonchev–Trinajstić information content (AvgIpc) is 2.29. The topological polar surface area (TPSA) is 16.1 Å². The van der Waals surface area contributed by atoms with E-state index in [1.807, 2.05) is 4.90 Å². The van der Waals surface area contributed by atoms with Crippen molar-refractivity contribution in [2.24, 2.45) is 0 Å². The Morgan fingerprint density at radius 1 is 1.12 bits per heavy atom. The summed E-state index contributed by atoms with van der Waals surface area (Å²) in [4.78, 5) is 5.47. The van der Waals surface area contributed by atoms with Gasteiger partial charge in [0.25, 0.3) is 0 Å². The van der Waals surface area contributed by atoms with Gasteiger partial charge in [0.2, 0.25) is 0 Å². The van der Waals surface area contributed by atoms with E-state index in [1.54, 1.807) is 0 Å². The van der Waals surface area contributed by atoms with E-state index in [0.29, 0.717) is 5.56 Å². The summed E-state index contributed by atoms with van der Waals surface area (Å²) in [7, 11) is 0. The van der Waals surface area contributed by atoms with Gasteiger partial charge in [0, 0.05) is 20.0 Å². The maximum Gasteiger partial charge on any atom is 0.433 e. The molecule has 2 radical (unpaired) electrons. The monoisotopic (exact) mass is 242 g/mol. The zero-order valence-electron chi connectivity index (χ0n) is 9.30. The van der Waals surface area contributed by atoms with E-state index in [0.717, 1.165) is 38.4 Å². The molecule has 17 heavy (non-hydrogen) atoms. The van der Waals surface area contributed by atoms with Gasteiger partial charge in [-0.05, 0) is 30.9 Å². The minimum Gasteiger partial charge on any atom is -0.356 e. The first kappa shape index (κ1) is 12.2. The number of nitrogens with zero attached hydrogens (tertiary/aromatic N) is 2. The number of rotatable bonds is 1. The molecule has 0 atom stereocenters. The van der Waals surface area contributed by atoms with E-state index >= 15 is 0 Å². The lowest BCUT2D eigenvalue weighted by molar-refractivity contribution is -0.141. The summed E-state index contributed by atoms with van der Waals surface area (Å²) >= 11 is 0. The molecule has 0 aliphatic carbocycles. The fourth-order valence-electron chi connectivity index (χ4n) is 1.98. The number of aromatic nitrogens is 1. The lowest BCUT2D eigenvalue weighted by atomic mass is 10.1. The van der Waals surface area contributed by atoms with Crippen molar-refractivity contribution in [3.05, 3.63) is 30.3 Å². The average molecular weight is 242 g/mol. The van der Waals surface area contributed by atoms with Crippen LogP contribution in [0.15, 0.2) is 12.1 Å². The first-order chi connectivity index (χ1) is 7.98. The predicted molar refractivity (Wildman–Crippen MR) is 58.7 cm³/mol. The van der Waals surface area contributed by atoms with Crippen molar-refractivity contribution in [2.75, 3.05) is 18.0 Å². The van der Waals surface area contributed by atoms with Crippen molar-refractivity contribution in [1.29, 1.82) is 0 Å². The highest BCUT2D eigenvalue weighted by atomic mass is 19.4. The number of alkyl halides is 3. The third-order valence-corrected chi connectivity index (χ3v) is 2.85. The molecule has 92 valence electrons. The van der Waals surface area contributed by atoms with Gasteiger partial charge in [0.15, 0.2) is 0 Å². The Morgan fingerprint density at radius 2 is 1.76 bits per heavy atom. The van der Waals surface area contributed by atoms with Crippen LogP contribution in [0.25, 0.3) is 0 Å². The molecule has 0 unspecified atom stereocenters. The van der Waals surface area contributed by atoms with Crippen molar-refractivity contribution in [2.45, 2.75) is 25.4 Å². The van der Waals surface area contributed by atoms with Gasteiger partial charge in [-0.25, -0.2) is 4.98 Å². The van der Waals surface area contributed by atoms with Crippen LogP contribution in [0, 0.1) is 6.92 Å². The predicted octanol–water partition coefficient (Wildman–Crippen LogP) is 3.15. The number of hydrogen-bond donors (Lipinski definition) is 0. The molecule has 2 nitrogen and oxygen atoms in total. The summed E-state index contributed by atoms with van der Waals surface area (Å²) in [6.45, 7) is 7.13. The van der Waals surface area contributed by atoms with Crippen LogP contribution in [0.5, 0.6) is 0 Å². The summed E-state index contributed by atoms with van der Waals surface area (Å²) in [6, 6.07) is 2.20. The molecule has 0 amide bonds. The minimum absolute atomic E-state index is 0.263. The van der Waals surface area contributed by atoms with Crippen molar-refractivity contribution in [1.82, 2.24) is 4.98 Å². The molecule has 0 aromatic carbocycles. The van der Waals surface area contributed by atoms with Crippen molar-refractivity contribution < 1.29 is 13.2 Å². The lowest BCUT2D eigenvalue weighted by Crippen LogP contribution is -2.31. The molecule has 1 aliphatic heterocycles. The maximum atomic E-state index is 12.5. The normalized spacial score (nSPS) is 17.3. The zero-order chi connectivity index (χ0) is 12.5. The molecule has 1 aromatic heterocycles. The molecular formula is C12H13F3N2. The molecular weight excluding hydrogens is 229 g/mol. The fourth-order valence-corrected chi connectivity index (χ4v) is 1.98. The smallest absolute Gasteiger partial charge is 0.356 e. The van der Waals surface area contributed by atoms with Crippen LogP contribution in [-0.2, 0) is 6.18 Å². The summed E-state index contributed by atoms with van der Waals surface area (Å²) in [5.74, 6) is 0.263. The summed E-state index contributed by atoms with van der Waals surface area (Å²) in [5, 5.41) is 0. The van der Waals surface area contributed by atoms with Crippen molar-refractivity contribution in [3.63, 3.8) is 0 Å². The van der Waals surface area contributed by atoms with Crippen LogP contribution < -0.4 is 4.90 Å². The number of anilines is 1. The Kier molecular flexibility index (Phi) is 3.26. The molecule has 0 spiro atoms. The third-order valence-electron chi connectivity index (χ3n) is 2.85. The Bertz CT molecular complexity index is 395. The summed E-state index contributed by atoms with van der Waals surface area (Å²) in [6.07, 6.45) is -1.37. The molecule has 1 aliphatic rings. The Morgan fingerprint density at radius 3 is 2.35 bits per heavy atom. The molecule has 1 saturated heterocycles. The van der Waals surface area contributed by atoms with E-state index in [2.05, 4.69) is 4.98 Å². The number of pyridine rings is 1. The van der Waals surface area contributed by atoms with Gasteiger partial charge < -0.3 is 4.90 Å². The second-order valence-electron chi connectivity index (χ2n) is 4.15. The number of hydrogen-bond acceptors (Lipinski definition) is 2. The number of halogens is 3. The Balaban J connectivity index is 2.31. The van der Waals surface area contributed by atoms with Crippen LogP contribution in [0.2, 0.25) is 0 Å². The Hall–Kier alpha value is -1.26.